The van der Waals surface area contributed by atoms with Crippen LogP contribution in [0.25, 0.3) is 21.8 Å². The number of aromatic nitrogens is 1. The number of hydrogen-bond donors (Lipinski definition) is 0. The maximum absolute atomic E-state index is 11.3. The third-order valence-corrected chi connectivity index (χ3v) is 3.54. The Morgan fingerprint density at radius 1 is 1.00 bits per heavy atom. The third kappa shape index (κ3) is 1.31. The van der Waals surface area contributed by atoms with Gasteiger partial charge >= 0.3 is 11.4 Å². The van der Waals surface area contributed by atoms with Crippen molar-refractivity contribution in [3.05, 3.63) is 42.5 Å². The van der Waals surface area contributed by atoms with Gasteiger partial charge in [-0.2, -0.15) is 4.21 Å². The van der Waals surface area contributed by atoms with Crippen LogP contribution in [0.15, 0.2) is 42.5 Å². The summed E-state index contributed by atoms with van der Waals surface area (Å²) < 4.78 is 21.5. The van der Waals surface area contributed by atoms with Crippen LogP contribution in [0.2, 0.25) is 0 Å². The molecule has 2 aromatic carbocycles. The molecule has 88 valence electrons. The van der Waals surface area contributed by atoms with E-state index in [2.05, 4.69) is 4.98 Å². The number of hydrogen-bond acceptors (Lipinski definition) is 4. The summed E-state index contributed by atoms with van der Waals surface area (Å²) in [5.74, 6) is 1.00. The zero-order chi connectivity index (χ0) is 12.1. The molecule has 0 saturated heterocycles. The highest BCUT2D eigenvalue weighted by Crippen LogP contribution is 2.40. The minimum atomic E-state index is -1.74. The van der Waals surface area contributed by atoms with E-state index in [9.17, 15) is 4.21 Å². The summed E-state index contributed by atoms with van der Waals surface area (Å²) in [6.45, 7) is 0. The standard InChI is InChI=1S/C13H7NO3S/c15-18-16-12-6-5-11-9(13(12)17-18)7-8-3-1-2-4-10(8)14-11/h1-7H. The van der Waals surface area contributed by atoms with E-state index in [1.54, 1.807) is 6.07 Å². The Balaban J connectivity index is 2.14. The number of nitrogens with zero attached hydrogens (tertiary/aromatic N) is 1. The summed E-state index contributed by atoms with van der Waals surface area (Å²) in [6.07, 6.45) is 0. The Labute approximate surface area is 105 Å². The molecule has 4 nitrogen and oxygen atoms in total. The minimum Gasteiger partial charge on any atom is -0.367 e. The minimum absolute atomic E-state index is 0.498. The topological polar surface area (TPSA) is 48.4 Å². The molecule has 0 saturated carbocycles. The van der Waals surface area contributed by atoms with Gasteiger partial charge in [-0.15, -0.1) is 0 Å². The largest absolute Gasteiger partial charge is 0.417 e. The van der Waals surface area contributed by atoms with Gasteiger partial charge in [0.25, 0.3) is 0 Å². The van der Waals surface area contributed by atoms with Crippen LogP contribution in [0.5, 0.6) is 11.5 Å². The van der Waals surface area contributed by atoms with Gasteiger partial charge in [0.15, 0.2) is 11.5 Å². The molecule has 0 amide bonds. The highest BCUT2D eigenvalue weighted by Gasteiger charge is 2.24. The summed E-state index contributed by atoms with van der Waals surface area (Å²) >= 11 is -1.74. The van der Waals surface area contributed by atoms with Gasteiger partial charge in [0.2, 0.25) is 0 Å². The number of rotatable bonds is 0. The molecule has 1 aromatic heterocycles. The molecular weight excluding hydrogens is 250 g/mol. The maximum Gasteiger partial charge on any atom is 0.417 e. The molecule has 0 bridgehead atoms. The summed E-state index contributed by atoms with van der Waals surface area (Å²) in [7, 11) is 0. The van der Waals surface area contributed by atoms with Gasteiger partial charge in [0.1, 0.15) is 0 Å². The molecule has 1 unspecified atom stereocenters. The molecule has 1 atom stereocenters. The molecule has 1 aliphatic rings. The molecule has 4 rings (SSSR count). The lowest BCUT2D eigenvalue weighted by Gasteiger charge is -2.03. The van der Waals surface area contributed by atoms with Crippen LogP contribution in [0, 0.1) is 0 Å². The Morgan fingerprint density at radius 3 is 2.83 bits per heavy atom. The van der Waals surface area contributed by atoms with Gasteiger partial charge in [-0.25, -0.2) is 4.98 Å². The van der Waals surface area contributed by atoms with E-state index in [1.165, 1.54) is 0 Å². The lowest BCUT2D eigenvalue weighted by molar-refractivity contribution is 0.521. The van der Waals surface area contributed by atoms with Crippen molar-refractivity contribution in [3.63, 3.8) is 0 Å². The van der Waals surface area contributed by atoms with Crippen LogP contribution >= 0.6 is 0 Å². The van der Waals surface area contributed by atoms with Crippen molar-refractivity contribution >= 4 is 33.2 Å². The molecule has 0 radical (unpaired) electrons. The first-order chi connectivity index (χ1) is 8.81. The second-order valence-electron chi connectivity index (χ2n) is 4.01. The average molecular weight is 257 g/mol. The molecule has 5 heteroatoms. The van der Waals surface area contributed by atoms with E-state index < -0.39 is 11.4 Å². The van der Waals surface area contributed by atoms with Gasteiger partial charge in [0, 0.05) is 10.8 Å². The van der Waals surface area contributed by atoms with Crippen LogP contribution in [-0.4, -0.2) is 9.19 Å². The van der Waals surface area contributed by atoms with Crippen molar-refractivity contribution in [2.24, 2.45) is 0 Å². The predicted molar refractivity (Wildman–Crippen MR) is 68.6 cm³/mol. The fourth-order valence-corrected chi connectivity index (χ4v) is 2.73. The highest BCUT2D eigenvalue weighted by atomic mass is 32.2. The summed E-state index contributed by atoms with van der Waals surface area (Å²) in [5.41, 5.74) is 1.72. The fraction of sp³-hybridized carbons (Fsp3) is 0. The lowest BCUT2D eigenvalue weighted by Crippen LogP contribution is -1.97. The van der Waals surface area contributed by atoms with Gasteiger partial charge in [-0.05, 0) is 24.3 Å². The number of para-hydroxylation sites is 1. The van der Waals surface area contributed by atoms with Crippen LogP contribution in [0.4, 0.5) is 0 Å². The Morgan fingerprint density at radius 2 is 1.89 bits per heavy atom. The third-order valence-electron chi connectivity index (χ3n) is 2.92. The van der Waals surface area contributed by atoms with Gasteiger partial charge < -0.3 is 8.37 Å². The van der Waals surface area contributed by atoms with Crippen molar-refractivity contribution < 1.29 is 12.6 Å². The average Bonchev–Trinajstić information content (AvgIpc) is 2.77. The summed E-state index contributed by atoms with van der Waals surface area (Å²) in [5, 5.41) is 1.83. The number of fused-ring (bicyclic) bond motifs is 4. The molecule has 0 N–H and O–H groups in total. The first-order valence-corrected chi connectivity index (χ1v) is 6.42. The highest BCUT2D eigenvalue weighted by molar-refractivity contribution is 7.76. The quantitative estimate of drug-likeness (QED) is 0.581. The molecule has 0 fully saturated rings. The van der Waals surface area contributed by atoms with Crippen LogP contribution < -0.4 is 8.37 Å². The van der Waals surface area contributed by atoms with E-state index in [0.717, 1.165) is 21.8 Å². The fourth-order valence-electron chi connectivity index (χ4n) is 2.11. The van der Waals surface area contributed by atoms with Crippen molar-refractivity contribution in [2.75, 3.05) is 0 Å². The molecule has 3 aromatic rings. The lowest BCUT2D eigenvalue weighted by atomic mass is 10.1. The first kappa shape index (κ1) is 9.85. The Kier molecular flexibility index (Phi) is 1.87. The molecule has 0 spiro atoms. The van der Waals surface area contributed by atoms with Crippen LogP contribution in [0.3, 0.4) is 0 Å². The van der Waals surface area contributed by atoms with Crippen molar-refractivity contribution in [1.29, 1.82) is 0 Å². The molecular formula is C13H7NO3S. The van der Waals surface area contributed by atoms with E-state index in [1.807, 2.05) is 36.4 Å². The smallest absolute Gasteiger partial charge is 0.367 e. The maximum atomic E-state index is 11.3. The predicted octanol–water partition coefficient (Wildman–Crippen LogP) is 2.74. The van der Waals surface area contributed by atoms with Crippen molar-refractivity contribution in [3.8, 4) is 11.5 Å². The molecule has 18 heavy (non-hydrogen) atoms. The second-order valence-corrected chi connectivity index (χ2v) is 4.75. The Hall–Kier alpha value is -2.14. The number of pyridine rings is 1. The van der Waals surface area contributed by atoms with Crippen LogP contribution in [-0.2, 0) is 11.4 Å². The second kappa shape index (κ2) is 3.43. The monoisotopic (exact) mass is 257 g/mol. The molecule has 1 aliphatic heterocycles. The van der Waals surface area contributed by atoms with Gasteiger partial charge in [0.05, 0.1) is 11.0 Å². The molecule has 2 heterocycles. The van der Waals surface area contributed by atoms with Crippen molar-refractivity contribution in [2.45, 2.75) is 0 Å². The van der Waals surface area contributed by atoms with E-state index in [-0.39, 0.29) is 0 Å². The molecule has 0 aliphatic carbocycles. The summed E-state index contributed by atoms with van der Waals surface area (Å²) in [4.78, 5) is 4.55. The van der Waals surface area contributed by atoms with E-state index in [4.69, 9.17) is 8.37 Å². The SMILES string of the molecule is O=S1Oc2ccc3nc4ccccc4cc3c2O1. The van der Waals surface area contributed by atoms with Gasteiger partial charge in [-0.1, -0.05) is 18.2 Å². The van der Waals surface area contributed by atoms with Crippen molar-refractivity contribution in [1.82, 2.24) is 4.98 Å². The normalized spacial score (nSPS) is 17.4. The number of benzene rings is 2. The Bertz CT molecular complexity index is 816. The zero-order valence-corrected chi connectivity index (χ0v) is 9.94. The van der Waals surface area contributed by atoms with Crippen LogP contribution in [0.1, 0.15) is 0 Å². The van der Waals surface area contributed by atoms with E-state index in [0.29, 0.717) is 11.5 Å². The first-order valence-electron chi connectivity index (χ1n) is 5.42. The summed E-state index contributed by atoms with van der Waals surface area (Å²) in [6, 6.07) is 13.4. The van der Waals surface area contributed by atoms with E-state index >= 15 is 0 Å². The zero-order valence-electron chi connectivity index (χ0n) is 9.12. The van der Waals surface area contributed by atoms with Gasteiger partial charge in [-0.3, -0.25) is 0 Å².